The number of hydrogen-bond acceptors (Lipinski definition) is 4. The van der Waals surface area contributed by atoms with E-state index in [9.17, 15) is 0 Å². The van der Waals surface area contributed by atoms with Crippen molar-refractivity contribution in [2.75, 3.05) is 31.2 Å². The van der Waals surface area contributed by atoms with Gasteiger partial charge in [-0.25, -0.2) is 0 Å². The maximum Gasteiger partial charge on any atom is 0.109 e. The molecule has 2 aliphatic heterocycles. The molecule has 0 saturated carbocycles. The Morgan fingerprint density at radius 3 is 3.16 bits per heavy atom. The number of morpholine rings is 1. The number of pyridine rings is 1. The normalized spacial score (nSPS) is 31.7. The van der Waals surface area contributed by atoms with Crippen molar-refractivity contribution in [1.82, 2.24) is 4.98 Å². The number of nitrogens with zero attached hydrogens (tertiary/aromatic N) is 2. The van der Waals surface area contributed by atoms with E-state index in [1.165, 1.54) is 0 Å². The number of ether oxygens (including phenoxy) is 2. The van der Waals surface area contributed by atoms with Crippen LogP contribution in [0.3, 0.4) is 0 Å². The van der Waals surface area contributed by atoms with Crippen LogP contribution in [0, 0.1) is 0 Å². The first-order chi connectivity index (χ1) is 9.19. The number of halogens is 1. The molecule has 0 bridgehead atoms. The van der Waals surface area contributed by atoms with Crippen molar-refractivity contribution in [1.29, 1.82) is 0 Å². The Labute approximate surface area is 118 Å². The van der Waals surface area contributed by atoms with Gasteiger partial charge in [0.05, 0.1) is 23.4 Å². The van der Waals surface area contributed by atoms with Crippen molar-refractivity contribution in [3.05, 3.63) is 23.5 Å². The van der Waals surface area contributed by atoms with Gasteiger partial charge in [0.2, 0.25) is 0 Å². The molecule has 1 aromatic rings. The molecule has 5 heteroatoms. The summed E-state index contributed by atoms with van der Waals surface area (Å²) in [5, 5.41) is 0.698. The van der Waals surface area contributed by atoms with Crippen LogP contribution in [0.2, 0.25) is 5.02 Å². The largest absolute Gasteiger partial charge is 0.378 e. The molecule has 4 nitrogen and oxygen atoms in total. The average molecular weight is 283 g/mol. The quantitative estimate of drug-likeness (QED) is 0.793. The molecule has 1 aromatic heterocycles. The molecule has 0 N–H and O–H groups in total. The molecule has 19 heavy (non-hydrogen) atoms. The highest BCUT2D eigenvalue weighted by Crippen LogP contribution is 2.34. The number of rotatable bonds is 1. The van der Waals surface area contributed by atoms with Gasteiger partial charge in [0, 0.05) is 32.1 Å². The van der Waals surface area contributed by atoms with Gasteiger partial charge >= 0.3 is 0 Å². The van der Waals surface area contributed by atoms with Crippen molar-refractivity contribution in [2.24, 2.45) is 0 Å². The second-order valence-electron chi connectivity index (χ2n) is 5.48. The fraction of sp³-hybridized carbons (Fsp3) is 0.643. The SMILES string of the molecule is C[C@H]1CN(c2ccncc2Cl)C[C@]2(CCCOC2)O1. The van der Waals surface area contributed by atoms with Gasteiger partial charge in [-0.3, -0.25) is 4.98 Å². The van der Waals surface area contributed by atoms with Crippen LogP contribution in [0.25, 0.3) is 0 Å². The first-order valence-corrected chi connectivity index (χ1v) is 7.16. The number of hydrogen-bond donors (Lipinski definition) is 0. The maximum atomic E-state index is 6.26. The minimum absolute atomic E-state index is 0.178. The number of aromatic nitrogens is 1. The van der Waals surface area contributed by atoms with E-state index in [1.54, 1.807) is 12.4 Å². The van der Waals surface area contributed by atoms with Crippen LogP contribution in [0.4, 0.5) is 5.69 Å². The molecule has 0 radical (unpaired) electrons. The third-order valence-corrected chi connectivity index (χ3v) is 4.08. The third-order valence-electron chi connectivity index (χ3n) is 3.79. The third kappa shape index (κ3) is 2.71. The summed E-state index contributed by atoms with van der Waals surface area (Å²) in [5.74, 6) is 0. The van der Waals surface area contributed by atoms with Crippen LogP contribution in [-0.2, 0) is 9.47 Å². The summed E-state index contributed by atoms with van der Waals surface area (Å²) in [6.07, 6.45) is 5.77. The summed E-state index contributed by atoms with van der Waals surface area (Å²) in [5.41, 5.74) is 0.861. The Bertz CT molecular complexity index is 449. The molecule has 2 atom stereocenters. The molecular formula is C14H19ClN2O2. The van der Waals surface area contributed by atoms with Crippen LogP contribution >= 0.6 is 11.6 Å². The Kier molecular flexibility index (Phi) is 3.65. The van der Waals surface area contributed by atoms with Crippen LogP contribution < -0.4 is 4.90 Å². The molecule has 0 aromatic carbocycles. The van der Waals surface area contributed by atoms with Crippen LogP contribution in [0.5, 0.6) is 0 Å². The molecule has 0 unspecified atom stereocenters. The Morgan fingerprint density at radius 2 is 2.42 bits per heavy atom. The Hall–Kier alpha value is -0.840. The lowest BCUT2D eigenvalue weighted by atomic mass is 9.93. The van der Waals surface area contributed by atoms with Gasteiger partial charge in [-0.2, -0.15) is 0 Å². The highest BCUT2D eigenvalue weighted by atomic mass is 35.5. The predicted octanol–water partition coefficient (Wildman–Crippen LogP) is 2.51. The molecule has 0 amide bonds. The van der Waals surface area contributed by atoms with Gasteiger partial charge in [0.1, 0.15) is 5.60 Å². The lowest BCUT2D eigenvalue weighted by Gasteiger charge is -2.48. The first-order valence-electron chi connectivity index (χ1n) is 6.79. The fourth-order valence-electron chi connectivity index (χ4n) is 3.08. The molecule has 1 spiro atoms. The van der Waals surface area contributed by atoms with Gasteiger partial charge in [-0.15, -0.1) is 0 Å². The van der Waals surface area contributed by atoms with Gasteiger partial charge in [-0.05, 0) is 25.8 Å². The molecule has 104 valence electrons. The molecule has 2 saturated heterocycles. The zero-order valence-corrected chi connectivity index (χ0v) is 11.9. The fourth-order valence-corrected chi connectivity index (χ4v) is 3.32. The van der Waals surface area contributed by atoms with Gasteiger partial charge < -0.3 is 14.4 Å². The standard InChI is InChI=1S/C14H19ClN2O2/c1-11-8-17(13-3-5-16-7-12(13)15)9-14(19-11)4-2-6-18-10-14/h3,5,7,11H,2,4,6,8-10H2,1H3/t11-,14-/m0/s1. The summed E-state index contributed by atoms with van der Waals surface area (Å²) in [6, 6.07) is 1.97. The highest BCUT2D eigenvalue weighted by Gasteiger charge is 2.41. The molecule has 2 aliphatic rings. The van der Waals surface area contributed by atoms with E-state index >= 15 is 0 Å². The zero-order chi connectivity index (χ0) is 13.3. The van der Waals surface area contributed by atoms with Crippen LogP contribution in [0.1, 0.15) is 19.8 Å². The summed E-state index contributed by atoms with van der Waals surface area (Å²) < 4.78 is 11.8. The van der Waals surface area contributed by atoms with E-state index in [2.05, 4.69) is 16.8 Å². The summed E-state index contributed by atoms with van der Waals surface area (Å²) >= 11 is 6.26. The Balaban J connectivity index is 1.84. The minimum Gasteiger partial charge on any atom is -0.378 e. The van der Waals surface area contributed by atoms with Crippen molar-refractivity contribution >= 4 is 17.3 Å². The van der Waals surface area contributed by atoms with E-state index in [0.717, 1.165) is 38.2 Å². The predicted molar refractivity (Wildman–Crippen MR) is 74.8 cm³/mol. The second-order valence-corrected chi connectivity index (χ2v) is 5.88. The van der Waals surface area contributed by atoms with Crippen molar-refractivity contribution in [2.45, 2.75) is 31.5 Å². The maximum absolute atomic E-state index is 6.26. The van der Waals surface area contributed by atoms with Crippen LogP contribution in [-0.4, -0.2) is 43.0 Å². The molecule has 3 heterocycles. The van der Waals surface area contributed by atoms with Crippen molar-refractivity contribution in [3.8, 4) is 0 Å². The lowest BCUT2D eigenvalue weighted by Crippen LogP contribution is -2.58. The smallest absolute Gasteiger partial charge is 0.109 e. The molecule has 0 aliphatic carbocycles. The Morgan fingerprint density at radius 1 is 1.53 bits per heavy atom. The summed E-state index contributed by atoms with van der Waals surface area (Å²) in [6.45, 7) is 5.32. The summed E-state index contributed by atoms with van der Waals surface area (Å²) in [4.78, 5) is 6.35. The monoisotopic (exact) mass is 282 g/mol. The minimum atomic E-state index is -0.178. The van der Waals surface area contributed by atoms with E-state index < -0.39 is 0 Å². The molecular weight excluding hydrogens is 264 g/mol. The lowest BCUT2D eigenvalue weighted by molar-refractivity contribution is -0.160. The zero-order valence-electron chi connectivity index (χ0n) is 11.1. The number of anilines is 1. The summed E-state index contributed by atoms with van der Waals surface area (Å²) in [7, 11) is 0. The van der Waals surface area contributed by atoms with Crippen molar-refractivity contribution in [3.63, 3.8) is 0 Å². The van der Waals surface area contributed by atoms with Crippen molar-refractivity contribution < 1.29 is 9.47 Å². The van der Waals surface area contributed by atoms with E-state index in [1.807, 2.05) is 6.07 Å². The van der Waals surface area contributed by atoms with E-state index in [0.29, 0.717) is 11.6 Å². The second kappa shape index (κ2) is 5.27. The van der Waals surface area contributed by atoms with Gasteiger partial charge in [0.15, 0.2) is 0 Å². The van der Waals surface area contributed by atoms with E-state index in [4.69, 9.17) is 21.1 Å². The first kappa shape index (κ1) is 13.2. The van der Waals surface area contributed by atoms with Gasteiger partial charge in [0.25, 0.3) is 0 Å². The molecule has 3 rings (SSSR count). The topological polar surface area (TPSA) is 34.6 Å². The molecule has 2 fully saturated rings. The van der Waals surface area contributed by atoms with Crippen LogP contribution in [0.15, 0.2) is 18.5 Å². The average Bonchev–Trinajstić information content (AvgIpc) is 2.39. The highest BCUT2D eigenvalue weighted by molar-refractivity contribution is 6.33. The van der Waals surface area contributed by atoms with Gasteiger partial charge in [-0.1, -0.05) is 11.6 Å². The van der Waals surface area contributed by atoms with E-state index in [-0.39, 0.29) is 11.7 Å².